The molecule has 24 heavy (non-hydrogen) atoms. The van der Waals surface area contributed by atoms with E-state index in [-0.39, 0.29) is 18.3 Å². The van der Waals surface area contributed by atoms with Gasteiger partial charge in [0.15, 0.2) is 28.1 Å². The van der Waals surface area contributed by atoms with Crippen molar-refractivity contribution in [1.82, 2.24) is 15.0 Å². The summed E-state index contributed by atoms with van der Waals surface area (Å²) in [5.41, 5.74) is 2.96. The smallest absolute Gasteiger partial charge is 0.231 e. The maximum atomic E-state index is 12.4. The summed E-state index contributed by atoms with van der Waals surface area (Å²) < 4.78 is 11.5. The number of fused-ring (bicyclic) bond motifs is 2. The summed E-state index contributed by atoms with van der Waals surface area (Å²) in [6, 6.07) is 7.16. The van der Waals surface area contributed by atoms with Crippen molar-refractivity contribution in [3.8, 4) is 11.5 Å². The molecule has 0 saturated heterocycles. The molecule has 1 aliphatic heterocycles. The third kappa shape index (κ3) is 2.87. The van der Waals surface area contributed by atoms with Crippen molar-refractivity contribution >= 4 is 44.6 Å². The number of hydrogen-bond donors (Lipinski definition) is 1. The van der Waals surface area contributed by atoms with E-state index in [1.807, 2.05) is 13.0 Å². The van der Waals surface area contributed by atoms with Gasteiger partial charge in [0, 0.05) is 10.0 Å². The molecule has 0 amide bonds. The predicted octanol–water partition coefficient (Wildman–Crippen LogP) is 3.73. The number of aromatic nitrogens is 3. The molecule has 0 spiro atoms. The number of pyridine rings is 1. The van der Waals surface area contributed by atoms with Gasteiger partial charge in [-0.1, -0.05) is 11.8 Å². The van der Waals surface area contributed by atoms with Gasteiger partial charge in [-0.2, -0.15) is 0 Å². The summed E-state index contributed by atoms with van der Waals surface area (Å²) in [4.78, 5) is 24.4. The van der Waals surface area contributed by atoms with Crippen LogP contribution in [0.2, 0.25) is 0 Å². The number of carbonyl (C=O) groups excluding carboxylic acids is 1. The minimum Gasteiger partial charge on any atom is -0.454 e. The van der Waals surface area contributed by atoms with Gasteiger partial charge in [-0.3, -0.25) is 4.79 Å². The topological polar surface area (TPSA) is 77.1 Å². The van der Waals surface area contributed by atoms with Crippen LogP contribution in [0.15, 0.2) is 33.9 Å². The van der Waals surface area contributed by atoms with Crippen LogP contribution < -0.4 is 9.47 Å². The van der Waals surface area contributed by atoms with E-state index in [2.05, 4.69) is 30.9 Å². The van der Waals surface area contributed by atoms with Crippen LogP contribution in [0.3, 0.4) is 0 Å². The fraction of sp³-hybridized carbons (Fsp3) is 0.188. The second-order valence-electron chi connectivity index (χ2n) is 5.25. The molecule has 0 fully saturated rings. The molecule has 0 aliphatic carbocycles. The van der Waals surface area contributed by atoms with Gasteiger partial charge in [0.2, 0.25) is 6.79 Å². The van der Waals surface area contributed by atoms with Crippen molar-refractivity contribution in [2.45, 2.75) is 12.1 Å². The summed E-state index contributed by atoms with van der Waals surface area (Å²) in [5, 5.41) is 0.670. The molecule has 2 aromatic heterocycles. The zero-order chi connectivity index (χ0) is 16.7. The highest BCUT2D eigenvalue weighted by molar-refractivity contribution is 9.10. The van der Waals surface area contributed by atoms with E-state index in [0.717, 1.165) is 15.7 Å². The van der Waals surface area contributed by atoms with Gasteiger partial charge in [0.1, 0.15) is 0 Å². The van der Waals surface area contributed by atoms with E-state index in [0.29, 0.717) is 27.9 Å². The summed E-state index contributed by atoms with van der Waals surface area (Å²) >= 11 is 4.80. The highest BCUT2D eigenvalue weighted by Crippen LogP contribution is 2.33. The average Bonchev–Trinajstić information content (AvgIpc) is 3.18. The third-order valence-corrected chi connectivity index (χ3v) is 5.29. The van der Waals surface area contributed by atoms with Gasteiger partial charge in [0.25, 0.3) is 0 Å². The zero-order valence-corrected chi connectivity index (χ0v) is 15.0. The molecule has 0 saturated carbocycles. The van der Waals surface area contributed by atoms with Crippen molar-refractivity contribution in [2.75, 3.05) is 12.5 Å². The third-order valence-electron chi connectivity index (χ3n) is 3.61. The van der Waals surface area contributed by atoms with Gasteiger partial charge < -0.3 is 14.5 Å². The van der Waals surface area contributed by atoms with E-state index in [9.17, 15) is 4.79 Å². The Labute approximate surface area is 150 Å². The van der Waals surface area contributed by atoms with Crippen molar-refractivity contribution in [3.63, 3.8) is 0 Å². The molecule has 0 radical (unpaired) electrons. The molecule has 3 aromatic rings. The molecule has 1 aliphatic rings. The number of thioether (sulfide) groups is 1. The van der Waals surface area contributed by atoms with Gasteiger partial charge in [0.05, 0.1) is 17.0 Å². The van der Waals surface area contributed by atoms with Crippen LogP contribution in [0.25, 0.3) is 11.2 Å². The Morgan fingerprint density at radius 2 is 2.12 bits per heavy atom. The monoisotopic (exact) mass is 405 g/mol. The lowest BCUT2D eigenvalue weighted by atomic mass is 10.1. The number of nitrogens with zero attached hydrogens (tertiary/aromatic N) is 2. The van der Waals surface area contributed by atoms with Crippen LogP contribution in [0.5, 0.6) is 11.5 Å². The van der Waals surface area contributed by atoms with Gasteiger partial charge in [-0.25, -0.2) is 9.97 Å². The van der Waals surface area contributed by atoms with Crippen LogP contribution in [-0.2, 0) is 0 Å². The second kappa shape index (κ2) is 6.10. The second-order valence-corrected chi connectivity index (χ2v) is 7.07. The summed E-state index contributed by atoms with van der Waals surface area (Å²) in [6.45, 7) is 2.11. The normalized spacial score (nSPS) is 12.8. The Morgan fingerprint density at radius 1 is 1.29 bits per heavy atom. The highest BCUT2D eigenvalue weighted by Gasteiger charge is 2.17. The van der Waals surface area contributed by atoms with Crippen LogP contribution >= 0.6 is 27.7 Å². The number of ether oxygens (including phenoxy) is 2. The van der Waals surface area contributed by atoms with Crippen molar-refractivity contribution in [3.05, 3.63) is 40.0 Å². The Balaban J connectivity index is 1.49. The number of imidazole rings is 1. The molecule has 122 valence electrons. The first kappa shape index (κ1) is 15.5. The summed E-state index contributed by atoms with van der Waals surface area (Å²) in [5.74, 6) is 1.56. The Bertz CT molecular complexity index is 918. The molecule has 6 nitrogen and oxygen atoms in total. The molecule has 0 bridgehead atoms. The van der Waals surface area contributed by atoms with E-state index < -0.39 is 0 Å². The summed E-state index contributed by atoms with van der Waals surface area (Å²) in [6.07, 6.45) is 0. The largest absolute Gasteiger partial charge is 0.454 e. The average molecular weight is 406 g/mol. The van der Waals surface area contributed by atoms with Crippen molar-refractivity contribution < 1.29 is 14.3 Å². The minimum atomic E-state index is 0.00377. The number of nitrogens with one attached hydrogen (secondary N) is 1. The highest BCUT2D eigenvalue weighted by atomic mass is 79.9. The molecular weight excluding hydrogens is 394 g/mol. The van der Waals surface area contributed by atoms with Crippen LogP contribution in [-0.4, -0.2) is 33.3 Å². The minimum absolute atomic E-state index is 0.00377. The predicted molar refractivity (Wildman–Crippen MR) is 93.9 cm³/mol. The first-order chi connectivity index (χ1) is 11.6. The zero-order valence-electron chi connectivity index (χ0n) is 12.6. The number of rotatable bonds is 4. The first-order valence-electron chi connectivity index (χ1n) is 7.18. The molecular formula is C16H12BrN3O3S. The SMILES string of the molecule is Cc1nc2nc(SCC(=O)c3ccc4c(c3)OCO4)[nH]c2cc1Br. The number of ketones is 1. The lowest BCUT2D eigenvalue weighted by Gasteiger charge is -2.01. The quantitative estimate of drug-likeness (QED) is 0.526. The van der Waals surface area contributed by atoms with E-state index in [1.54, 1.807) is 18.2 Å². The standard InChI is InChI=1S/C16H12BrN3O3S/c1-8-10(17)5-11-15(18-8)20-16(19-11)24-6-12(21)9-2-3-13-14(4-9)23-7-22-13/h2-5H,6-7H2,1H3,(H,18,19,20). The van der Waals surface area contributed by atoms with E-state index in [4.69, 9.17) is 9.47 Å². The maximum absolute atomic E-state index is 12.4. The Morgan fingerprint density at radius 3 is 3.00 bits per heavy atom. The number of Topliss-reactive ketones (excluding diaryl/α,β-unsaturated/α-hetero) is 1. The van der Waals surface area contributed by atoms with E-state index >= 15 is 0 Å². The lowest BCUT2D eigenvalue weighted by Crippen LogP contribution is -2.02. The number of carbonyl (C=O) groups is 1. The number of H-pyrrole nitrogens is 1. The van der Waals surface area contributed by atoms with Crippen LogP contribution in [0.4, 0.5) is 0 Å². The Kier molecular flexibility index (Phi) is 3.93. The molecule has 1 N–H and O–H groups in total. The number of aromatic amines is 1. The molecule has 1 aromatic carbocycles. The number of hydrogen-bond acceptors (Lipinski definition) is 6. The molecule has 0 unspecified atom stereocenters. The lowest BCUT2D eigenvalue weighted by molar-refractivity contribution is 0.102. The first-order valence-corrected chi connectivity index (χ1v) is 8.96. The number of benzene rings is 1. The van der Waals surface area contributed by atoms with Gasteiger partial charge in [-0.05, 0) is 47.1 Å². The summed E-state index contributed by atoms with van der Waals surface area (Å²) in [7, 11) is 0. The van der Waals surface area contributed by atoms with Crippen molar-refractivity contribution in [2.24, 2.45) is 0 Å². The molecule has 0 atom stereocenters. The van der Waals surface area contributed by atoms with Crippen LogP contribution in [0.1, 0.15) is 16.1 Å². The van der Waals surface area contributed by atoms with E-state index in [1.165, 1.54) is 11.8 Å². The fourth-order valence-corrected chi connectivity index (χ4v) is 3.43. The van der Waals surface area contributed by atoms with Crippen LogP contribution in [0, 0.1) is 6.92 Å². The molecule has 4 rings (SSSR count). The number of halogens is 1. The van der Waals surface area contributed by atoms with Crippen molar-refractivity contribution in [1.29, 1.82) is 0 Å². The maximum Gasteiger partial charge on any atom is 0.231 e. The van der Waals surface area contributed by atoms with Gasteiger partial charge in [-0.15, -0.1) is 0 Å². The molecule has 8 heteroatoms. The van der Waals surface area contributed by atoms with Gasteiger partial charge >= 0.3 is 0 Å². The fourth-order valence-electron chi connectivity index (χ4n) is 2.34. The number of aryl methyl sites for hydroxylation is 1. The Hall–Kier alpha value is -2.06. The molecule has 3 heterocycles.